The molecule has 0 bridgehead atoms. The van der Waals surface area contributed by atoms with Crippen molar-refractivity contribution in [1.29, 1.82) is 5.26 Å². The van der Waals surface area contributed by atoms with Gasteiger partial charge in [-0.05, 0) is 33.6 Å². The second kappa shape index (κ2) is 5.97. The Hall–Kier alpha value is -0.680. The van der Waals surface area contributed by atoms with Crippen molar-refractivity contribution in [3.63, 3.8) is 0 Å². The van der Waals surface area contributed by atoms with Gasteiger partial charge in [-0.2, -0.15) is 23.1 Å². The summed E-state index contributed by atoms with van der Waals surface area (Å²) in [7, 11) is -3.45. The summed E-state index contributed by atoms with van der Waals surface area (Å²) in [6.45, 7) is 7.36. The lowest BCUT2D eigenvalue weighted by Gasteiger charge is -2.31. The maximum absolute atomic E-state index is 11.8. The van der Waals surface area contributed by atoms with Gasteiger partial charge in [0.15, 0.2) is 0 Å². The first-order valence-electron chi connectivity index (χ1n) is 6.12. The molecule has 7 heteroatoms. The molecule has 1 rings (SSSR count). The Morgan fingerprint density at radius 1 is 1.33 bits per heavy atom. The summed E-state index contributed by atoms with van der Waals surface area (Å²) in [5.74, 6) is 0. The Morgan fingerprint density at radius 2 is 1.89 bits per heavy atom. The molecule has 0 aromatic rings. The molecule has 1 aliphatic rings. The molecule has 0 amide bonds. The van der Waals surface area contributed by atoms with Gasteiger partial charge in [-0.15, -0.1) is 0 Å². The number of piperidine rings is 1. The fourth-order valence-electron chi connectivity index (χ4n) is 1.96. The van der Waals surface area contributed by atoms with Gasteiger partial charge in [-0.25, -0.2) is 0 Å². The van der Waals surface area contributed by atoms with Crippen LogP contribution in [0.3, 0.4) is 0 Å². The molecule has 0 atom stereocenters. The van der Waals surface area contributed by atoms with E-state index >= 15 is 0 Å². The highest BCUT2D eigenvalue weighted by molar-refractivity contribution is 7.87. The summed E-state index contributed by atoms with van der Waals surface area (Å²) in [6, 6.07) is 2.06. The first-order valence-corrected chi connectivity index (χ1v) is 7.61. The van der Waals surface area contributed by atoms with Crippen LogP contribution in [0.15, 0.2) is 0 Å². The van der Waals surface area contributed by atoms with Crippen molar-refractivity contribution in [1.82, 2.24) is 14.3 Å². The van der Waals surface area contributed by atoms with Crippen molar-refractivity contribution < 1.29 is 8.42 Å². The minimum Gasteiger partial charge on any atom is -0.290 e. The van der Waals surface area contributed by atoms with Gasteiger partial charge in [-0.3, -0.25) is 4.90 Å². The Kier molecular flexibility index (Phi) is 5.10. The van der Waals surface area contributed by atoms with Crippen molar-refractivity contribution in [2.24, 2.45) is 0 Å². The predicted octanol–water partition coefficient (Wildman–Crippen LogP) is 0.197. The van der Waals surface area contributed by atoms with Crippen molar-refractivity contribution in [2.75, 3.05) is 19.6 Å². The third-order valence-electron chi connectivity index (χ3n) is 2.64. The average molecular weight is 274 g/mol. The fourth-order valence-corrected chi connectivity index (χ4v) is 3.50. The zero-order valence-electron chi connectivity index (χ0n) is 11.2. The van der Waals surface area contributed by atoms with Crippen LogP contribution in [0.25, 0.3) is 0 Å². The van der Waals surface area contributed by atoms with E-state index in [9.17, 15) is 8.42 Å². The van der Waals surface area contributed by atoms with Crippen LogP contribution in [-0.4, -0.2) is 44.5 Å². The maximum atomic E-state index is 11.8. The van der Waals surface area contributed by atoms with Gasteiger partial charge in [0, 0.05) is 24.7 Å². The average Bonchev–Trinajstić information content (AvgIpc) is 2.17. The lowest BCUT2D eigenvalue weighted by molar-refractivity contribution is 0.228. The van der Waals surface area contributed by atoms with Crippen molar-refractivity contribution in [2.45, 2.75) is 45.2 Å². The Labute approximate surface area is 110 Å². The van der Waals surface area contributed by atoms with Gasteiger partial charge in [0.1, 0.15) is 0 Å². The van der Waals surface area contributed by atoms with E-state index in [0.717, 1.165) is 25.9 Å². The van der Waals surface area contributed by atoms with E-state index in [1.165, 1.54) is 0 Å². The van der Waals surface area contributed by atoms with Gasteiger partial charge in [-0.1, -0.05) is 0 Å². The number of nitrogens with one attached hydrogen (secondary N) is 2. The zero-order valence-corrected chi connectivity index (χ0v) is 12.0. The SMILES string of the molecule is CC(C)(C)NS(=O)(=O)NC1CCN(CC#N)CC1. The maximum Gasteiger partial charge on any atom is 0.277 e. The highest BCUT2D eigenvalue weighted by atomic mass is 32.2. The van der Waals surface area contributed by atoms with Crippen LogP contribution in [0.5, 0.6) is 0 Å². The topological polar surface area (TPSA) is 85.2 Å². The van der Waals surface area contributed by atoms with E-state index < -0.39 is 15.7 Å². The van der Waals surface area contributed by atoms with Crippen LogP contribution in [0, 0.1) is 11.3 Å². The molecule has 6 nitrogen and oxygen atoms in total. The highest BCUT2D eigenvalue weighted by Gasteiger charge is 2.25. The summed E-state index contributed by atoms with van der Waals surface area (Å²) in [5.41, 5.74) is -0.479. The molecule has 0 spiro atoms. The van der Waals surface area contributed by atoms with E-state index in [4.69, 9.17) is 5.26 Å². The Balaban J connectivity index is 2.44. The van der Waals surface area contributed by atoms with Crippen molar-refractivity contribution in [3.8, 4) is 6.07 Å². The number of nitriles is 1. The van der Waals surface area contributed by atoms with Gasteiger partial charge in [0.25, 0.3) is 10.2 Å². The second-order valence-electron chi connectivity index (χ2n) is 5.68. The zero-order chi connectivity index (χ0) is 13.8. The third kappa shape index (κ3) is 5.78. The van der Waals surface area contributed by atoms with Crippen LogP contribution in [-0.2, 0) is 10.2 Å². The second-order valence-corrected chi connectivity index (χ2v) is 7.13. The highest BCUT2D eigenvalue weighted by Crippen LogP contribution is 2.11. The molecular weight excluding hydrogens is 252 g/mol. The molecule has 1 fully saturated rings. The molecule has 1 heterocycles. The lowest BCUT2D eigenvalue weighted by Crippen LogP contribution is -2.52. The number of rotatable bonds is 4. The number of hydrogen-bond donors (Lipinski definition) is 2. The number of likely N-dealkylation sites (tertiary alicyclic amines) is 1. The molecule has 18 heavy (non-hydrogen) atoms. The monoisotopic (exact) mass is 274 g/mol. The molecule has 0 aliphatic carbocycles. The van der Waals surface area contributed by atoms with Gasteiger partial charge < -0.3 is 0 Å². The van der Waals surface area contributed by atoms with Crippen LogP contribution >= 0.6 is 0 Å². The third-order valence-corrected chi connectivity index (χ3v) is 4.17. The molecule has 1 aliphatic heterocycles. The summed E-state index contributed by atoms with van der Waals surface area (Å²) >= 11 is 0. The van der Waals surface area contributed by atoms with E-state index in [2.05, 4.69) is 15.5 Å². The van der Waals surface area contributed by atoms with E-state index in [1.54, 1.807) is 0 Å². The fraction of sp³-hybridized carbons (Fsp3) is 0.909. The molecule has 0 aromatic carbocycles. The van der Waals surface area contributed by atoms with E-state index in [-0.39, 0.29) is 6.04 Å². The van der Waals surface area contributed by atoms with Crippen LogP contribution in [0.4, 0.5) is 0 Å². The standard InChI is InChI=1S/C11H22N4O2S/c1-11(2,3)14-18(16,17)13-10-4-7-15(8-5-10)9-6-12/h10,13-14H,4-5,7-9H2,1-3H3. The van der Waals surface area contributed by atoms with Crippen molar-refractivity contribution >= 4 is 10.2 Å². The predicted molar refractivity (Wildman–Crippen MR) is 70.0 cm³/mol. The smallest absolute Gasteiger partial charge is 0.277 e. The quantitative estimate of drug-likeness (QED) is 0.717. The normalized spacial score (nSPS) is 19.7. The van der Waals surface area contributed by atoms with Crippen LogP contribution in [0.2, 0.25) is 0 Å². The summed E-state index contributed by atoms with van der Waals surface area (Å²) in [4.78, 5) is 2.03. The molecule has 0 saturated carbocycles. The number of hydrogen-bond acceptors (Lipinski definition) is 4. The molecule has 0 radical (unpaired) electrons. The minimum atomic E-state index is -3.45. The van der Waals surface area contributed by atoms with E-state index in [1.807, 2.05) is 25.7 Å². The molecule has 1 saturated heterocycles. The van der Waals surface area contributed by atoms with Crippen molar-refractivity contribution in [3.05, 3.63) is 0 Å². The van der Waals surface area contributed by atoms with Crippen LogP contribution < -0.4 is 9.44 Å². The van der Waals surface area contributed by atoms with E-state index in [0.29, 0.717) is 6.54 Å². The summed E-state index contributed by atoms with van der Waals surface area (Å²) in [6.07, 6.45) is 1.49. The summed E-state index contributed by atoms with van der Waals surface area (Å²) < 4.78 is 28.9. The molecule has 2 N–H and O–H groups in total. The Bertz CT molecular complexity index is 400. The molecule has 0 aromatic heterocycles. The van der Waals surface area contributed by atoms with Gasteiger partial charge in [0.2, 0.25) is 0 Å². The largest absolute Gasteiger partial charge is 0.290 e. The summed E-state index contributed by atoms with van der Waals surface area (Å²) in [5, 5.41) is 8.59. The molecule has 104 valence electrons. The van der Waals surface area contributed by atoms with Gasteiger partial charge in [0.05, 0.1) is 12.6 Å². The lowest BCUT2D eigenvalue weighted by atomic mass is 10.1. The first kappa shape index (κ1) is 15.4. The minimum absolute atomic E-state index is 0.0419. The molecule has 0 unspecified atom stereocenters. The molecular formula is C11H22N4O2S. The van der Waals surface area contributed by atoms with Crippen LogP contribution in [0.1, 0.15) is 33.6 Å². The van der Waals surface area contributed by atoms with Gasteiger partial charge >= 0.3 is 0 Å². The number of nitrogens with zero attached hydrogens (tertiary/aromatic N) is 2. The first-order chi connectivity index (χ1) is 8.22. The Morgan fingerprint density at radius 3 is 2.33 bits per heavy atom.